The SMILES string of the molecule is C[C@H](NC(=O)c1nc(C#N)cnc1NCc1ccc(-c2ccc3ncnc(N)c3c2)s1)c1ccc(F)c(F)c1. The zero-order valence-electron chi connectivity index (χ0n) is 20.4. The molecule has 0 aliphatic heterocycles. The molecule has 0 unspecified atom stereocenters. The lowest BCUT2D eigenvalue weighted by molar-refractivity contribution is 0.0935. The number of carbonyl (C=O) groups is 1. The van der Waals surface area contributed by atoms with Crippen LogP contribution in [0.15, 0.2) is 61.1 Å². The Morgan fingerprint density at radius 2 is 1.95 bits per heavy atom. The Morgan fingerprint density at radius 1 is 1.10 bits per heavy atom. The van der Waals surface area contributed by atoms with E-state index in [1.165, 1.54) is 18.6 Å². The van der Waals surface area contributed by atoms with E-state index in [-0.39, 0.29) is 17.2 Å². The van der Waals surface area contributed by atoms with Gasteiger partial charge in [-0.3, -0.25) is 4.79 Å². The first-order chi connectivity index (χ1) is 18.8. The average molecular weight is 543 g/mol. The third-order valence-electron chi connectivity index (χ3n) is 5.94. The van der Waals surface area contributed by atoms with Crippen molar-refractivity contribution in [3.8, 4) is 16.5 Å². The molecule has 9 nitrogen and oxygen atoms in total. The van der Waals surface area contributed by atoms with Crippen LogP contribution in [0.2, 0.25) is 0 Å². The number of fused-ring (bicyclic) bond motifs is 1. The second kappa shape index (κ2) is 10.8. The number of hydrogen-bond acceptors (Lipinski definition) is 9. The molecule has 0 saturated heterocycles. The summed E-state index contributed by atoms with van der Waals surface area (Å²) in [6.07, 6.45) is 2.69. The molecule has 0 aliphatic rings. The summed E-state index contributed by atoms with van der Waals surface area (Å²) in [6.45, 7) is 1.96. The molecule has 0 spiro atoms. The van der Waals surface area contributed by atoms with Crippen molar-refractivity contribution in [3.63, 3.8) is 0 Å². The molecule has 39 heavy (non-hydrogen) atoms. The van der Waals surface area contributed by atoms with Gasteiger partial charge in [-0.15, -0.1) is 11.3 Å². The number of amides is 1. The molecule has 3 heterocycles. The van der Waals surface area contributed by atoms with Gasteiger partial charge in [0.1, 0.15) is 18.2 Å². The van der Waals surface area contributed by atoms with Gasteiger partial charge in [0.25, 0.3) is 5.91 Å². The van der Waals surface area contributed by atoms with E-state index in [0.717, 1.165) is 38.4 Å². The lowest BCUT2D eigenvalue weighted by Gasteiger charge is -2.16. The summed E-state index contributed by atoms with van der Waals surface area (Å²) in [5.41, 5.74) is 7.96. The first-order valence-corrected chi connectivity index (χ1v) is 12.5. The number of hydrogen-bond donors (Lipinski definition) is 3. The number of thiophene rings is 1. The smallest absolute Gasteiger partial charge is 0.274 e. The molecule has 5 aromatic rings. The Balaban J connectivity index is 1.33. The van der Waals surface area contributed by atoms with Gasteiger partial charge in [0.05, 0.1) is 24.3 Å². The molecule has 194 valence electrons. The van der Waals surface area contributed by atoms with Gasteiger partial charge in [0.15, 0.2) is 28.8 Å². The number of anilines is 2. The lowest BCUT2D eigenvalue weighted by Crippen LogP contribution is -2.29. The molecule has 1 amide bonds. The van der Waals surface area contributed by atoms with Crippen molar-refractivity contribution in [1.82, 2.24) is 25.3 Å². The number of nitriles is 1. The molecule has 2 aromatic carbocycles. The highest BCUT2D eigenvalue weighted by Crippen LogP contribution is 2.31. The van der Waals surface area contributed by atoms with Crippen molar-refractivity contribution in [3.05, 3.63) is 94.5 Å². The molecule has 0 bridgehead atoms. The number of carbonyl (C=O) groups excluding carboxylic acids is 1. The minimum Gasteiger partial charge on any atom is -0.383 e. The fourth-order valence-corrected chi connectivity index (χ4v) is 4.83. The van der Waals surface area contributed by atoms with Gasteiger partial charge in [-0.25, -0.2) is 28.7 Å². The highest BCUT2D eigenvalue weighted by Gasteiger charge is 2.20. The summed E-state index contributed by atoms with van der Waals surface area (Å²) in [5.74, 6) is -2.04. The number of aromatic nitrogens is 4. The number of nitrogen functional groups attached to an aromatic ring is 1. The van der Waals surface area contributed by atoms with Gasteiger partial charge in [-0.2, -0.15) is 5.26 Å². The molecule has 5 rings (SSSR count). The van der Waals surface area contributed by atoms with E-state index >= 15 is 0 Å². The highest BCUT2D eigenvalue weighted by molar-refractivity contribution is 7.15. The number of benzene rings is 2. The fraction of sp³-hybridized carbons (Fsp3) is 0.111. The van der Waals surface area contributed by atoms with Crippen LogP contribution in [0.4, 0.5) is 20.4 Å². The number of nitrogens with zero attached hydrogens (tertiary/aromatic N) is 5. The molecule has 1 atom stereocenters. The van der Waals surface area contributed by atoms with Crippen LogP contribution in [0.25, 0.3) is 21.3 Å². The third-order valence-corrected chi connectivity index (χ3v) is 7.07. The second-order valence-electron chi connectivity index (χ2n) is 8.54. The summed E-state index contributed by atoms with van der Waals surface area (Å²) in [5, 5.41) is 15.8. The Morgan fingerprint density at radius 3 is 2.74 bits per heavy atom. The summed E-state index contributed by atoms with van der Waals surface area (Å²) in [4.78, 5) is 31.6. The zero-order chi connectivity index (χ0) is 27.5. The van der Waals surface area contributed by atoms with Crippen LogP contribution in [0.5, 0.6) is 0 Å². The van der Waals surface area contributed by atoms with Crippen LogP contribution in [-0.4, -0.2) is 25.8 Å². The maximum atomic E-state index is 13.7. The summed E-state index contributed by atoms with van der Waals surface area (Å²) >= 11 is 1.54. The van der Waals surface area contributed by atoms with Gasteiger partial charge in [0.2, 0.25) is 0 Å². The zero-order valence-corrected chi connectivity index (χ0v) is 21.3. The number of nitrogens with one attached hydrogen (secondary N) is 2. The molecule has 0 saturated carbocycles. The van der Waals surface area contributed by atoms with Crippen LogP contribution in [0.3, 0.4) is 0 Å². The van der Waals surface area contributed by atoms with Crippen LogP contribution in [-0.2, 0) is 6.54 Å². The molecule has 4 N–H and O–H groups in total. The largest absolute Gasteiger partial charge is 0.383 e. The van der Waals surface area contributed by atoms with Crippen molar-refractivity contribution in [2.45, 2.75) is 19.5 Å². The van der Waals surface area contributed by atoms with Crippen molar-refractivity contribution >= 4 is 39.8 Å². The van der Waals surface area contributed by atoms with E-state index in [0.29, 0.717) is 17.9 Å². The van der Waals surface area contributed by atoms with E-state index in [1.807, 2.05) is 36.4 Å². The maximum Gasteiger partial charge on any atom is 0.274 e. The predicted molar refractivity (Wildman–Crippen MR) is 144 cm³/mol. The lowest BCUT2D eigenvalue weighted by atomic mass is 10.1. The minimum absolute atomic E-state index is 0.0378. The second-order valence-corrected chi connectivity index (χ2v) is 9.71. The van der Waals surface area contributed by atoms with Crippen molar-refractivity contribution in [2.75, 3.05) is 11.1 Å². The van der Waals surface area contributed by atoms with Crippen LogP contribution in [0, 0.1) is 23.0 Å². The van der Waals surface area contributed by atoms with Gasteiger partial charge in [-0.1, -0.05) is 12.1 Å². The van der Waals surface area contributed by atoms with E-state index < -0.39 is 23.6 Å². The summed E-state index contributed by atoms with van der Waals surface area (Å²) < 4.78 is 27.0. The first-order valence-electron chi connectivity index (χ1n) is 11.7. The summed E-state index contributed by atoms with van der Waals surface area (Å²) in [7, 11) is 0. The van der Waals surface area contributed by atoms with Crippen LogP contribution < -0.4 is 16.4 Å². The molecule has 0 radical (unpaired) electrons. The van der Waals surface area contributed by atoms with Crippen molar-refractivity contribution < 1.29 is 13.6 Å². The van der Waals surface area contributed by atoms with Crippen LogP contribution in [0.1, 0.15) is 39.6 Å². The Kier molecular flexibility index (Phi) is 7.07. The molecule has 12 heteroatoms. The molecule has 3 aromatic heterocycles. The molecular formula is C27H20F2N8OS. The highest BCUT2D eigenvalue weighted by atomic mass is 32.1. The Labute approximate surface area is 225 Å². The molecule has 0 fully saturated rings. The first kappa shape index (κ1) is 25.6. The Hall–Kier alpha value is -5.02. The molecule has 0 aliphatic carbocycles. The average Bonchev–Trinajstić information content (AvgIpc) is 3.42. The van der Waals surface area contributed by atoms with Gasteiger partial charge >= 0.3 is 0 Å². The predicted octanol–water partition coefficient (Wildman–Crippen LogP) is 4.98. The normalized spacial score (nSPS) is 11.6. The van der Waals surface area contributed by atoms with Crippen LogP contribution >= 0.6 is 11.3 Å². The quantitative estimate of drug-likeness (QED) is 0.261. The number of nitrogens with two attached hydrogens (primary N) is 1. The van der Waals surface area contributed by atoms with E-state index in [2.05, 4.69) is 30.6 Å². The van der Waals surface area contributed by atoms with E-state index in [9.17, 15) is 18.8 Å². The number of rotatable bonds is 7. The van der Waals surface area contributed by atoms with E-state index in [1.54, 1.807) is 18.3 Å². The number of halogens is 2. The van der Waals surface area contributed by atoms with E-state index in [4.69, 9.17) is 5.73 Å². The third kappa shape index (κ3) is 5.48. The summed E-state index contributed by atoms with van der Waals surface area (Å²) in [6, 6.07) is 14.3. The van der Waals surface area contributed by atoms with Crippen molar-refractivity contribution in [1.29, 1.82) is 5.26 Å². The maximum absolute atomic E-state index is 13.7. The Bertz CT molecular complexity index is 1750. The fourth-order valence-electron chi connectivity index (χ4n) is 3.89. The topological polar surface area (TPSA) is 142 Å². The molecular weight excluding hydrogens is 522 g/mol. The van der Waals surface area contributed by atoms with Gasteiger partial charge in [-0.05, 0) is 54.4 Å². The van der Waals surface area contributed by atoms with Gasteiger partial charge < -0.3 is 16.4 Å². The van der Waals surface area contributed by atoms with Gasteiger partial charge in [0, 0.05) is 15.1 Å². The monoisotopic (exact) mass is 542 g/mol. The minimum atomic E-state index is -1.02. The standard InChI is InChI=1S/C27H20F2N8OS/c1-14(15-2-5-20(28)21(29)9-15)36-27(38)24-26(32-11-17(10-30)37-24)33-12-18-4-7-23(39-18)16-3-6-22-19(8-16)25(31)35-13-34-22/h2-9,11,13-14H,12H2,1H3,(H,32,33)(H,36,38)(H2,31,34,35)/t14-/m0/s1. The van der Waals surface area contributed by atoms with Crippen molar-refractivity contribution in [2.24, 2.45) is 0 Å².